The first kappa shape index (κ1) is 25.5. The van der Waals surface area contributed by atoms with Crippen LogP contribution in [0.15, 0.2) is 67.1 Å². The Morgan fingerprint density at radius 1 is 1.05 bits per heavy atom. The molecule has 0 aliphatic heterocycles. The highest BCUT2D eigenvalue weighted by molar-refractivity contribution is 5.94. The van der Waals surface area contributed by atoms with E-state index in [1.807, 2.05) is 37.3 Å². The van der Waals surface area contributed by atoms with Crippen molar-refractivity contribution < 1.29 is 24.1 Å². The number of methoxy groups -OCH3 is 3. The Bertz CT molecular complexity index is 1350. The summed E-state index contributed by atoms with van der Waals surface area (Å²) in [5.74, 6) is 2.12. The minimum atomic E-state index is -0.507. The van der Waals surface area contributed by atoms with Crippen LogP contribution in [0.5, 0.6) is 17.2 Å². The molecule has 0 bridgehead atoms. The summed E-state index contributed by atoms with van der Waals surface area (Å²) in [7, 11) is 4.63. The van der Waals surface area contributed by atoms with Crippen LogP contribution in [0.4, 0.5) is 11.6 Å². The highest BCUT2D eigenvalue weighted by Crippen LogP contribution is 2.40. The van der Waals surface area contributed by atoms with Gasteiger partial charge in [0.15, 0.2) is 11.5 Å². The van der Waals surface area contributed by atoms with Crippen LogP contribution in [0.2, 0.25) is 0 Å². The smallest absolute Gasteiger partial charge is 0.253 e. The number of aromatic nitrogens is 3. The van der Waals surface area contributed by atoms with E-state index in [-0.39, 0.29) is 12.5 Å². The van der Waals surface area contributed by atoms with E-state index in [0.29, 0.717) is 40.3 Å². The predicted molar refractivity (Wildman–Crippen MR) is 139 cm³/mol. The number of anilines is 2. The molecule has 2 aromatic carbocycles. The van der Waals surface area contributed by atoms with Crippen molar-refractivity contribution in [1.82, 2.24) is 19.9 Å². The zero-order valence-electron chi connectivity index (χ0n) is 21.1. The van der Waals surface area contributed by atoms with Crippen molar-refractivity contribution in [2.24, 2.45) is 0 Å². The lowest BCUT2D eigenvalue weighted by Crippen LogP contribution is -2.30. The van der Waals surface area contributed by atoms with Gasteiger partial charge in [-0.2, -0.15) is 4.98 Å². The molecule has 4 rings (SSSR count). The van der Waals surface area contributed by atoms with Gasteiger partial charge in [0.25, 0.3) is 5.91 Å². The molecule has 1 amide bonds. The van der Waals surface area contributed by atoms with Crippen molar-refractivity contribution in [3.8, 4) is 23.1 Å². The van der Waals surface area contributed by atoms with E-state index in [2.05, 4.69) is 20.6 Å². The van der Waals surface area contributed by atoms with Gasteiger partial charge in [-0.15, -0.1) is 0 Å². The molecule has 0 aliphatic carbocycles. The molecule has 3 N–H and O–H groups in total. The molecule has 0 radical (unpaired) electrons. The summed E-state index contributed by atoms with van der Waals surface area (Å²) in [5, 5.41) is 15.8. The topological polar surface area (TPSA) is 120 Å². The van der Waals surface area contributed by atoms with Crippen LogP contribution in [0.1, 0.15) is 27.5 Å². The molecule has 4 aromatic rings. The Morgan fingerprint density at radius 2 is 1.76 bits per heavy atom. The summed E-state index contributed by atoms with van der Waals surface area (Å²) in [5.41, 5.74) is 2.72. The van der Waals surface area contributed by atoms with Crippen molar-refractivity contribution in [3.63, 3.8) is 0 Å². The molecular formula is C27H29N5O5. The Kier molecular flexibility index (Phi) is 7.89. The fourth-order valence-electron chi connectivity index (χ4n) is 3.86. The van der Waals surface area contributed by atoms with Crippen LogP contribution >= 0.6 is 0 Å². The van der Waals surface area contributed by atoms with Crippen LogP contribution in [-0.4, -0.2) is 53.5 Å². The first-order chi connectivity index (χ1) is 18.0. The maximum Gasteiger partial charge on any atom is 0.253 e. The van der Waals surface area contributed by atoms with Crippen molar-refractivity contribution in [3.05, 3.63) is 83.8 Å². The molecule has 1 unspecified atom stereocenters. The lowest BCUT2D eigenvalue weighted by molar-refractivity contribution is 0.0916. The molecule has 0 aliphatic rings. The van der Waals surface area contributed by atoms with Crippen molar-refractivity contribution >= 4 is 17.5 Å². The average Bonchev–Trinajstić information content (AvgIpc) is 3.43. The van der Waals surface area contributed by atoms with Crippen molar-refractivity contribution in [1.29, 1.82) is 0 Å². The van der Waals surface area contributed by atoms with E-state index < -0.39 is 6.04 Å². The molecule has 192 valence electrons. The Morgan fingerprint density at radius 3 is 2.38 bits per heavy atom. The molecule has 10 heteroatoms. The third kappa shape index (κ3) is 5.65. The molecule has 0 saturated heterocycles. The second-order valence-corrected chi connectivity index (χ2v) is 8.17. The number of aliphatic hydroxyl groups excluding tert-OH is 1. The van der Waals surface area contributed by atoms with Gasteiger partial charge in [-0.05, 0) is 18.6 Å². The molecule has 1 atom stereocenters. The number of carbonyl (C=O) groups excluding carboxylic acids is 1. The number of nitrogens with one attached hydrogen (secondary N) is 2. The number of nitrogens with zero attached hydrogens (tertiary/aromatic N) is 3. The SMILES string of the molecule is COc1cc(Nc2ncc(C)c(-n3ccc(C(=O)NC(CO)c4ccccc4)c3)n2)cc(OC)c1OC. The van der Waals surface area contributed by atoms with Crippen LogP contribution in [0.25, 0.3) is 5.82 Å². The monoisotopic (exact) mass is 503 g/mol. The molecule has 2 aromatic heterocycles. The van der Waals surface area contributed by atoms with E-state index in [1.54, 1.807) is 62.7 Å². The van der Waals surface area contributed by atoms with Gasteiger partial charge in [0.05, 0.1) is 39.5 Å². The maximum absolute atomic E-state index is 12.9. The standard InChI is InChI=1S/C27H29N5O5/c1-17-14-28-27(29-20-12-22(35-2)24(37-4)23(13-20)36-3)31-25(17)32-11-10-19(15-32)26(34)30-21(16-33)18-8-6-5-7-9-18/h5-15,21,33H,16H2,1-4H3,(H,30,34)(H,28,29,31). The zero-order valence-corrected chi connectivity index (χ0v) is 21.1. The second kappa shape index (κ2) is 11.4. The van der Waals surface area contributed by atoms with Crippen LogP contribution in [-0.2, 0) is 0 Å². The van der Waals surface area contributed by atoms with Gasteiger partial charge >= 0.3 is 0 Å². The molecular weight excluding hydrogens is 474 g/mol. The quantitative estimate of drug-likeness (QED) is 0.299. The molecule has 0 fully saturated rings. The average molecular weight is 504 g/mol. The van der Waals surface area contributed by atoms with Gasteiger partial charge in [0.2, 0.25) is 11.7 Å². The third-order valence-electron chi connectivity index (χ3n) is 5.76. The Labute approximate surface area is 214 Å². The maximum atomic E-state index is 12.9. The van der Waals surface area contributed by atoms with Crippen molar-refractivity contribution in [2.75, 3.05) is 33.3 Å². The molecule has 10 nitrogen and oxygen atoms in total. The number of hydrogen-bond donors (Lipinski definition) is 3. The third-order valence-corrected chi connectivity index (χ3v) is 5.76. The van der Waals surface area contributed by atoms with E-state index in [4.69, 9.17) is 14.2 Å². The van der Waals surface area contributed by atoms with Crippen molar-refractivity contribution in [2.45, 2.75) is 13.0 Å². The minimum Gasteiger partial charge on any atom is -0.493 e. The van der Waals surface area contributed by atoms with Crippen LogP contribution in [0, 0.1) is 6.92 Å². The predicted octanol–water partition coefficient (Wildman–Crippen LogP) is 3.81. The lowest BCUT2D eigenvalue weighted by Gasteiger charge is -2.16. The molecule has 2 heterocycles. The second-order valence-electron chi connectivity index (χ2n) is 8.17. The number of hydrogen-bond acceptors (Lipinski definition) is 8. The summed E-state index contributed by atoms with van der Waals surface area (Å²) in [4.78, 5) is 21.9. The van der Waals surface area contributed by atoms with Gasteiger partial charge in [0, 0.05) is 42.0 Å². The summed E-state index contributed by atoms with van der Waals surface area (Å²) >= 11 is 0. The van der Waals surface area contributed by atoms with Gasteiger partial charge < -0.3 is 34.5 Å². The van der Waals surface area contributed by atoms with Gasteiger partial charge in [-0.1, -0.05) is 30.3 Å². The molecule has 37 heavy (non-hydrogen) atoms. The number of ether oxygens (including phenoxy) is 3. The number of carbonyl (C=O) groups is 1. The minimum absolute atomic E-state index is 0.211. The molecule has 0 saturated carbocycles. The normalized spacial score (nSPS) is 11.5. The highest BCUT2D eigenvalue weighted by Gasteiger charge is 2.17. The molecule has 0 spiro atoms. The van der Waals surface area contributed by atoms with E-state index in [0.717, 1.165) is 11.1 Å². The van der Waals surface area contributed by atoms with Crippen LogP contribution < -0.4 is 24.8 Å². The number of amides is 1. The lowest BCUT2D eigenvalue weighted by atomic mass is 10.1. The summed E-state index contributed by atoms with van der Waals surface area (Å²) < 4.78 is 18.0. The highest BCUT2D eigenvalue weighted by atomic mass is 16.5. The van der Waals surface area contributed by atoms with Gasteiger partial charge in [-0.25, -0.2) is 4.98 Å². The zero-order chi connectivity index (χ0) is 26.4. The first-order valence-corrected chi connectivity index (χ1v) is 11.5. The van der Waals surface area contributed by atoms with E-state index >= 15 is 0 Å². The number of aryl methyl sites for hydroxylation is 1. The summed E-state index contributed by atoms with van der Waals surface area (Å²) in [6, 6.07) is 14.0. The number of aliphatic hydroxyl groups is 1. The fraction of sp³-hybridized carbons (Fsp3) is 0.222. The first-order valence-electron chi connectivity index (χ1n) is 11.5. The van der Waals surface area contributed by atoms with E-state index in [9.17, 15) is 9.90 Å². The van der Waals surface area contributed by atoms with Gasteiger partial charge in [-0.3, -0.25) is 4.79 Å². The number of benzene rings is 2. The Hall–Kier alpha value is -4.57. The van der Waals surface area contributed by atoms with Gasteiger partial charge in [0.1, 0.15) is 5.82 Å². The Balaban J connectivity index is 1.56. The fourth-order valence-corrected chi connectivity index (χ4v) is 3.86. The summed E-state index contributed by atoms with van der Waals surface area (Å²) in [6.45, 7) is 1.67. The van der Waals surface area contributed by atoms with E-state index in [1.165, 1.54) is 0 Å². The largest absolute Gasteiger partial charge is 0.493 e. The summed E-state index contributed by atoms with van der Waals surface area (Å²) in [6.07, 6.45) is 5.14. The van der Waals surface area contributed by atoms with Crippen LogP contribution in [0.3, 0.4) is 0 Å². The number of rotatable bonds is 10.